The third-order valence-corrected chi connectivity index (χ3v) is 5.26. The van der Waals surface area contributed by atoms with Crippen molar-refractivity contribution in [3.8, 4) is 11.8 Å². The highest BCUT2D eigenvalue weighted by Gasteiger charge is 2.29. The molecule has 128 valence electrons. The number of amides is 1. The van der Waals surface area contributed by atoms with Gasteiger partial charge in [0.05, 0.1) is 30.9 Å². The van der Waals surface area contributed by atoms with Gasteiger partial charge >= 0.3 is 0 Å². The van der Waals surface area contributed by atoms with Gasteiger partial charge in [0.1, 0.15) is 6.10 Å². The summed E-state index contributed by atoms with van der Waals surface area (Å²) in [5.74, 6) is 0.887. The topological polar surface area (TPSA) is 64.6 Å². The summed E-state index contributed by atoms with van der Waals surface area (Å²) in [5, 5.41) is 1.11. The fraction of sp³-hybridized carbons (Fsp3) is 0.278. The number of likely N-dealkylation sites (tertiary alicyclic amines) is 1. The molecule has 1 unspecified atom stereocenters. The number of carbonyl (C=O) groups excluding carboxylic acids is 1. The van der Waals surface area contributed by atoms with Gasteiger partial charge in [0.15, 0.2) is 0 Å². The maximum absolute atomic E-state index is 12.7. The van der Waals surface area contributed by atoms with E-state index in [-0.39, 0.29) is 12.0 Å². The molecule has 0 saturated carbocycles. The summed E-state index contributed by atoms with van der Waals surface area (Å²) in [6, 6.07) is 10.00. The molecule has 1 aliphatic heterocycles. The molecule has 0 aliphatic carbocycles. The number of thiophene rings is 1. The summed E-state index contributed by atoms with van der Waals surface area (Å²) in [5.41, 5.74) is 0. The first-order chi connectivity index (χ1) is 12.2. The third kappa shape index (κ3) is 3.28. The molecule has 0 radical (unpaired) electrons. The fourth-order valence-electron chi connectivity index (χ4n) is 2.91. The zero-order valence-electron chi connectivity index (χ0n) is 13.7. The van der Waals surface area contributed by atoms with Crippen LogP contribution in [0.2, 0.25) is 0 Å². The summed E-state index contributed by atoms with van der Waals surface area (Å²) in [7, 11) is 1.54. The lowest BCUT2D eigenvalue weighted by Gasteiger charge is -2.16. The Kier molecular flexibility index (Phi) is 4.23. The Bertz CT molecular complexity index is 878. The number of ether oxygens (including phenoxy) is 2. The Morgan fingerprint density at radius 2 is 2.12 bits per heavy atom. The molecule has 0 bridgehead atoms. The fourth-order valence-corrected chi connectivity index (χ4v) is 3.94. The van der Waals surface area contributed by atoms with Crippen LogP contribution in [0.15, 0.2) is 42.7 Å². The van der Waals surface area contributed by atoms with Gasteiger partial charge in [-0.3, -0.25) is 9.78 Å². The highest BCUT2D eigenvalue weighted by molar-refractivity contribution is 7.20. The van der Waals surface area contributed by atoms with Crippen LogP contribution in [-0.2, 0) is 0 Å². The molecular weight excluding hydrogens is 338 g/mol. The number of rotatable bonds is 4. The first-order valence-electron chi connectivity index (χ1n) is 8.03. The van der Waals surface area contributed by atoms with E-state index >= 15 is 0 Å². The van der Waals surface area contributed by atoms with Crippen molar-refractivity contribution in [2.75, 3.05) is 20.2 Å². The minimum atomic E-state index is -0.0836. The number of carbonyl (C=O) groups is 1. The zero-order chi connectivity index (χ0) is 17.2. The predicted molar refractivity (Wildman–Crippen MR) is 95.3 cm³/mol. The molecule has 7 heteroatoms. The van der Waals surface area contributed by atoms with Crippen molar-refractivity contribution in [2.24, 2.45) is 0 Å². The predicted octanol–water partition coefficient (Wildman–Crippen LogP) is 2.99. The monoisotopic (exact) mass is 355 g/mol. The number of nitrogens with zero attached hydrogens (tertiary/aromatic N) is 3. The lowest BCUT2D eigenvalue weighted by atomic mass is 10.2. The highest BCUT2D eigenvalue weighted by Crippen LogP contribution is 2.28. The van der Waals surface area contributed by atoms with E-state index in [1.807, 2.05) is 35.2 Å². The molecule has 6 nitrogen and oxygen atoms in total. The van der Waals surface area contributed by atoms with Crippen molar-refractivity contribution in [3.05, 3.63) is 47.6 Å². The number of aromatic nitrogens is 2. The number of fused-ring (bicyclic) bond motifs is 1. The molecule has 4 rings (SSSR count). The molecule has 2 aromatic heterocycles. The molecule has 1 amide bonds. The van der Waals surface area contributed by atoms with Gasteiger partial charge in [-0.15, -0.1) is 11.3 Å². The van der Waals surface area contributed by atoms with Gasteiger partial charge in [-0.2, -0.15) is 4.98 Å². The van der Waals surface area contributed by atoms with E-state index in [1.165, 1.54) is 24.6 Å². The summed E-state index contributed by atoms with van der Waals surface area (Å²) in [4.78, 5) is 23.6. The molecule has 1 atom stereocenters. The highest BCUT2D eigenvalue weighted by atomic mass is 32.1. The van der Waals surface area contributed by atoms with Crippen molar-refractivity contribution >= 4 is 27.3 Å². The second-order valence-electron chi connectivity index (χ2n) is 5.83. The number of methoxy groups -OCH3 is 1. The van der Waals surface area contributed by atoms with E-state index in [0.717, 1.165) is 21.4 Å². The van der Waals surface area contributed by atoms with Gasteiger partial charge < -0.3 is 14.4 Å². The van der Waals surface area contributed by atoms with Crippen molar-refractivity contribution < 1.29 is 14.3 Å². The second kappa shape index (κ2) is 6.68. The maximum atomic E-state index is 12.7. The van der Waals surface area contributed by atoms with Crippen LogP contribution in [0.5, 0.6) is 11.8 Å². The van der Waals surface area contributed by atoms with Gasteiger partial charge in [-0.25, -0.2) is 0 Å². The van der Waals surface area contributed by atoms with Crippen LogP contribution in [0, 0.1) is 0 Å². The van der Waals surface area contributed by atoms with Crippen LogP contribution in [0.1, 0.15) is 16.1 Å². The number of benzene rings is 1. The number of hydrogen-bond donors (Lipinski definition) is 0. The molecule has 3 aromatic rings. The minimum absolute atomic E-state index is 0.0593. The Balaban J connectivity index is 1.43. The Labute approximate surface area is 149 Å². The Morgan fingerprint density at radius 1 is 1.28 bits per heavy atom. The van der Waals surface area contributed by atoms with Crippen molar-refractivity contribution in [3.63, 3.8) is 0 Å². The lowest BCUT2D eigenvalue weighted by Crippen LogP contribution is -2.30. The summed E-state index contributed by atoms with van der Waals surface area (Å²) < 4.78 is 12.0. The summed E-state index contributed by atoms with van der Waals surface area (Å²) in [6.45, 7) is 1.22. The molecular formula is C18H17N3O3S. The van der Waals surface area contributed by atoms with Crippen LogP contribution in [0.25, 0.3) is 10.1 Å². The van der Waals surface area contributed by atoms with Gasteiger partial charge in [-0.1, -0.05) is 18.2 Å². The normalized spacial score (nSPS) is 17.0. The van der Waals surface area contributed by atoms with E-state index in [4.69, 9.17) is 9.47 Å². The molecule has 25 heavy (non-hydrogen) atoms. The van der Waals surface area contributed by atoms with Crippen LogP contribution in [-0.4, -0.2) is 47.1 Å². The van der Waals surface area contributed by atoms with Crippen LogP contribution in [0.4, 0.5) is 0 Å². The largest absolute Gasteiger partial charge is 0.480 e. The first kappa shape index (κ1) is 15.8. The molecule has 0 N–H and O–H groups in total. The molecule has 1 fully saturated rings. The van der Waals surface area contributed by atoms with Gasteiger partial charge in [0.25, 0.3) is 5.91 Å². The lowest BCUT2D eigenvalue weighted by molar-refractivity contribution is 0.0775. The zero-order valence-corrected chi connectivity index (χ0v) is 14.5. The quantitative estimate of drug-likeness (QED) is 0.720. The van der Waals surface area contributed by atoms with Crippen LogP contribution < -0.4 is 9.47 Å². The second-order valence-corrected chi connectivity index (χ2v) is 6.91. The van der Waals surface area contributed by atoms with Crippen molar-refractivity contribution in [1.29, 1.82) is 0 Å². The van der Waals surface area contributed by atoms with Crippen LogP contribution in [0.3, 0.4) is 0 Å². The van der Waals surface area contributed by atoms with Gasteiger partial charge in [0, 0.05) is 17.7 Å². The summed E-state index contributed by atoms with van der Waals surface area (Å²) >= 11 is 1.53. The van der Waals surface area contributed by atoms with Gasteiger partial charge in [-0.05, 0) is 17.5 Å². The minimum Gasteiger partial charge on any atom is -0.480 e. The van der Waals surface area contributed by atoms with E-state index < -0.39 is 0 Å². The average molecular weight is 355 g/mol. The van der Waals surface area contributed by atoms with Crippen LogP contribution >= 0.6 is 11.3 Å². The van der Waals surface area contributed by atoms with E-state index in [1.54, 1.807) is 6.20 Å². The first-order valence-corrected chi connectivity index (χ1v) is 8.85. The number of hydrogen-bond acceptors (Lipinski definition) is 6. The summed E-state index contributed by atoms with van der Waals surface area (Å²) in [6.07, 6.45) is 3.77. The van der Waals surface area contributed by atoms with E-state index in [0.29, 0.717) is 24.8 Å². The molecule has 1 aliphatic rings. The van der Waals surface area contributed by atoms with Gasteiger partial charge in [0.2, 0.25) is 11.8 Å². The molecule has 1 saturated heterocycles. The van der Waals surface area contributed by atoms with E-state index in [2.05, 4.69) is 9.97 Å². The Morgan fingerprint density at radius 3 is 2.96 bits per heavy atom. The smallest absolute Gasteiger partial charge is 0.264 e. The SMILES string of the molecule is COc1cncc(OC2CCN(C(=O)c3cc4ccccc4s3)C2)n1. The Hall–Kier alpha value is -2.67. The molecule has 1 aromatic carbocycles. The molecule has 3 heterocycles. The van der Waals surface area contributed by atoms with Crippen molar-refractivity contribution in [2.45, 2.75) is 12.5 Å². The standard InChI is InChI=1S/C18H17N3O3S/c1-23-16-9-19-10-17(20-16)24-13-6-7-21(11-13)18(22)15-8-12-4-2-3-5-14(12)25-15/h2-5,8-10,13H,6-7,11H2,1H3. The molecule has 0 spiro atoms. The third-order valence-electron chi connectivity index (χ3n) is 4.16. The average Bonchev–Trinajstić information content (AvgIpc) is 3.28. The maximum Gasteiger partial charge on any atom is 0.264 e. The van der Waals surface area contributed by atoms with E-state index in [9.17, 15) is 4.79 Å². The van der Waals surface area contributed by atoms with Crippen molar-refractivity contribution in [1.82, 2.24) is 14.9 Å².